The molecule has 5 amide bonds. The number of benzene rings is 1. The molecule has 3 heterocycles. The number of nitrogens with zero attached hydrogens (tertiary/aromatic N) is 2. The molecule has 4 rings (SSSR count). The Hall–Kier alpha value is -2.35. The van der Waals surface area contributed by atoms with Crippen LogP contribution in [0.3, 0.4) is 0 Å². The van der Waals surface area contributed by atoms with Gasteiger partial charge in [0.2, 0.25) is 0 Å². The van der Waals surface area contributed by atoms with Gasteiger partial charge in [0.15, 0.2) is 0 Å². The van der Waals surface area contributed by atoms with Crippen LogP contribution in [0.5, 0.6) is 0 Å². The highest BCUT2D eigenvalue weighted by Gasteiger charge is 2.53. The van der Waals surface area contributed by atoms with E-state index < -0.39 is 11.6 Å². The van der Waals surface area contributed by atoms with E-state index >= 15 is 0 Å². The Morgan fingerprint density at radius 1 is 1.00 bits per heavy atom. The molecule has 2 saturated heterocycles. The minimum Gasteiger partial charge on any atom is -0.322 e. The number of nitrogens with one attached hydrogen (secondary N) is 1. The maximum atomic E-state index is 12.6. The van der Waals surface area contributed by atoms with Crippen molar-refractivity contribution in [2.24, 2.45) is 0 Å². The van der Waals surface area contributed by atoms with Crippen LogP contribution in [0.4, 0.5) is 4.79 Å². The molecular formula is C16H15N3O4S. The molecule has 8 heteroatoms. The van der Waals surface area contributed by atoms with E-state index in [-0.39, 0.29) is 30.8 Å². The molecule has 124 valence electrons. The van der Waals surface area contributed by atoms with Crippen molar-refractivity contribution >= 4 is 35.5 Å². The summed E-state index contributed by atoms with van der Waals surface area (Å²) in [5, 5.41) is 2.77. The summed E-state index contributed by atoms with van der Waals surface area (Å²) in [7, 11) is 0. The maximum Gasteiger partial charge on any atom is 0.325 e. The van der Waals surface area contributed by atoms with Crippen molar-refractivity contribution in [3.8, 4) is 0 Å². The monoisotopic (exact) mass is 345 g/mol. The first kappa shape index (κ1) is 15.2. The second-order valence-corrected chi connectivity index (χ2v) is 7.18. The van der Waals surface area contributed by atoms with Gasteiger partial charge in [-0.25, -0.2) is 4.79 Å². The van der Waals surface area contributed by atoms with Crippen molar-refractivity contribution in [2.75, 3.05) is 24.6 Å². The van der Waals surface area contributed by atoms with E-state index in [0.29, 0.717) is 23.3 Å². The quantitative estimate of drug-likeness (QED) is 0.644. The molecule has 0 aromatic heterocycles. The molecule has 0 unspecified atom stereocenters. The molecule has 0 radical (unpaired) electrons. The Labute approximate surface area is 142 Å². The van der Waals surface area contributed by atoms with Crippen LogP contribution in [0.15, 0.2) is 24.3 Å². The van der Waals surface area contributed by atoms with Crippen molar-refractivity contribution in [3.05, 3.63) is 35.4 Å². The fraction of sp³-hybridized carbons (Fsp3) is 0.375. The maximum absolute atomic E-state index is 12.6. The topological polar surface area (TPSA) is 86.8 Å². The third-order valence-electron chi connectivity index (χ3n) is 4.69. The number of urea groups is 1. The molecule has 3 aliphatic heterocycles. The van der Waals surface area contributed by atoms with E-state index in [1.54, 1.807) is 36.0 Å². The number of rotatable bonds is 3. The summed E-state index contributed by atoms with van der Waals surface area (Å²) >= 11 is 1.63. The van der Waals surface area contributed by atoms with E-state index in [1.165, 1.54) is 0 Å². The molecule has 1 aromatic carbocycles. The van der Waals surface area contributed by atoms with Crippen LogP contribution in [0, 0.1) is 0 Å². The van der Waals surface area contributed by atoms with E-state index in [4.69, 9.17) is 0 Å². The number of carbonyl (C=O) groups excluding carboxylic acids is 4. The van der Waals surface area contributed by atoms with Crippen molar-refractivity contribution in [1.82, 2.24) is 15.1 Å². The number of thioether (sulfide) groups is 1. The zero-order chi connectivity index (χ0) is 16.9. The Bertz CT molecular complexity index is 737. The first-order valence-electron chi connectivity index (χ1n) is 7.71. The van der Waals surface area contributed by atoms with E-state index in [9.17, 15) is 19.2 Å². The molecule has 1 atom stereocenters. The summed E-state index contributed by atoms with van der Waals surface area (Å²) in [4.78, 5) is 51.6. The normalized spacial score (nSPS) is 25.8. The van der Waals surface area contributed by atoms with Crippen LogP contribution in [0.2, 0.25) is 0 Å². The smallest absolute Gasteiger partial charge is 0.322 e. The lowest BCUT2D eigenvalue weighted by Crippen LogP contribution is -2.47. The summed E-state index contributed by atoms with van der Waals surface area (Å²) < 4.78 is 0. The van der Waals surface area contributed by atoms with Crippen molar-refractivity contribution in [1.29, 1.82) is 0 Å². The Balaban J connectivity index is 1.48. The fourth-order valence-electron chi connectivity index (χ4n) is 3.35. The molecule has 1 N–H and O–H groups in total. The lowest BCUT2D eigenvalue weighted by atomic mass is 9.99. The molecule has 3 aliphatic rings. The van der Waals surface area contributed by atoms with Gasteiger partial charge >= 0.3 is 6.03 Å². The zero-order valence-corrected chi connectivity index (χ0v) is 13.6. The van der Waals surface area contributed by atoms with Gasteiger partial charge in [0.05, 0.1) is 11.1 Å². The van der Waals surface area contributed by atoms with Gasteiger partial charge < -0.3 is 5.32 Å². The number of imide groups is 2. The lowest BCUT2D eigenvalue weighted by Gasteiger charge is -2.21. The Morgan fingerprint density at radius 3 is 2.21 bits per heavy atom. The van der Waals surface area contributed by atoms with E-state index in [2.05, 4.69) is 5.32 Å². The van der Waals surface area contributed by atoms with Gasteiger partial charge in [0, 0.05) is 18.8 Å². The minimum atomic E-state index is -0.802. The van der Waals surface area contributed by atoms with Crippen LogP contribution < -0.4 is 5.32 Å². The number of carbonyl (C=O) groups is 4. The molecule has 1 aromatic rings. The summed E-state index contributed by atoms with van der Waals surface area (Å²) in [5.41, 5.74) is -0.0734. The van der Waals surface area contributed by atoms with Crippen molar-refractivity contribution in [3.63, 3.8) is 0 Å². The predicted molar refractivity (Wildman–Crippen MR) is 86.7 cm³/mol. The fourth-order valence-corrected chi connectivity index (χ4v) is 4.68. The molecule has 24 heavy (non-hydrogen) atoms. The SMILES string of the molecule is O=C1N[C@]2(CCSC2)C(=O)N1CCN1C(=O)c2ccccc2C1=O. The zero-order valence-electron chi connectivity index (χ0n) is 12.8. The van der Waals surface area contributed by atoms with E-state index in [1.807, 2.05) is 0 Å². The average molecular weight is 345 g/mol. The van der Waals surface area contributed by atoms with Gasteiger partial charge in [0.25, 0.3) is 17.7 Å². The van der Waals surface area contributed by atoms with Gasteiger partial charge in [-0.2, -0.15) is 11.8 Å². The van der Waals surface area contributed by atoms with Gasteiger partial charge in [-0.3, -0.25) is 24.2 Å². The molecule has 0 saturated carbocycles. The molecule has 1 spiro atoms. The molecule has 0 bridgehead atoms. The average Bonchev–Trinajstić information content (AvgIpc) is 3.21. The number of fused-ring (bicyclic) bond motifs is 1. The Morgan fingerprint density at radius 2 is 1.62 bits per heavy atom. The van der Waals surface area contributed by atoms with Crippen molar-refractivity contribution < 1.29 is 19.2 Å². The van der Waals surface area contributed by atoms with Crippen molar-refractivity contribution in [2.45, 2.75) is 12.0 Å². The summed E-state index contributed by atoms with van der Waals surface area (Å²) in [6.45, 7) is 0.0251. The number of hydrogen-bond donors (Lipinski definition) is 1. The highest BCUT2D eigenvalue weighted by Crippen LogP contribution is 2.33. The summed E-state index contributed by atoms with van der Waals surface area (Å²) in [6.07, 6.45) is 0.617. The first-order valence-corrected chi connectivity index (χ1v) is 8.86. The van der Waals surface area contributed by atoms with Gasteiger partial charge in [-0.1, -0.05) is 12.1 Å². The first-order chi connectivity index (χ1) is 11.5. The molecule has 2 fully saturated rings. The van der Waals surface area contributed by atoms with Crippen LogP contribution in [0.25, 0.3) is 0 Å². The molecule has 0 aliphatic carbocycles. The molecular weight excluding hydrogens is 330 g/mol. The Kier molecular flexibility index (Phi) is 3.38. The summed E-state index contributed by atoms with van der Waals surface area (Å²) in [5.74, 6) is 0.385. The highest BCUT2D eigenvalue weighted by atomic mass is 32.2. The van der Waals surface area contributed by atoms with Crippen LogP contribution in [0.1, 0.15) is 27.1 Å². The lowest BCUT2D eigenvalue weighted by molar-refractivity contribution is -0.130. The second kappa shape index (κ2) is 5.34. The van der Waals surface area contributed by atoms with Gasteiger partial charge in [-0.15, -0.1) is 0 Å². The third-order valence-corrected chi connectivity index (χ3v) is 5.88. The van der Waals surface area contributed by atoms with Crippen LogP contribution >= 0.6 is 11.8 Å². The summed E-state index contributed by atoms with van der Waals surface area (Å²) in [6, 6.07) is 6.17. The van der Waals surface area contributed by atoms with Gasteiger partial charge in [-0.05, 0) is 24.3 Å². The minimum absolute atomic E-state index is 0.00866. The molecule has 7 nitrogen and oxygen atoms in total. The largest absolute Gasteiger partial charge is 0.325 e. The number of amides is 5. The standard InChI is InChI=1S/C16H15N3O4S/c20-12-10-3-1-2-4-11(10)13(21)18(12)6-7-19-14(22)16(17-15(19)23)5-8-24-9-16/h1-4H,5-9H2,(H,17,23)/t16-/m0/s1. The highest BCUT2D eigenvalue weighted by molar-refractivity contribution is 7.99. The van der Waals surface area contributed by atoms with E-state index in [0.717, 1.165) is 15.6 Å². The number of hydrogen-bond acceptors (Lipinski definition) is 5. The van der Waals surface area contributed by atoms with Gasteiger partial charge in [0.1, 0.15) is 5.54 Å². The van der Waals surface area contributed by atoms with Crippen LogP contribution in [-0.4, -0.2) is 63.7 Å². The third kappa shape index (κ3) is 2.06. The van der Waals surface area contributed by atoms with Crippen LogP contribution in [-0.2, 0) is 4.79 Å². The predicted octanol–water partition coefficient (Wildman–Crippen LogP) is 0.710. The second-order valence-electron chi connectivity index (χ2n) is 6.08.